The van der Waals surface area contributed by atoms with Crippen molar-refractivity contribution in [2.75, 3.05) is 31.6 Å². The first-order chi connectivity index (χ1) is 11.6. The molecule has 1 saturated heterocycles. The first-order valence-electron chi connectivity index (χ1n) is 8.28. The summed E-state index contributed by atoms with van der Waals surface area (Å²) in [6.45, 7) is 4.12. The zero-order valence-corrected chi connectivity index (χ0v) is 15.6. The van der Waals surface area contributed by atoms with Gasteiger partial charge in [0.05, 0.1) is 19.2 Å². The zero-order chi connectivity index (χ0) is 17.1. The van der Waals surface area contributed by atoms with Gasteiger partial charge in [-0.05, 0) is 24.6 Å². The van der Waals surface area contributed by atoms with Crippen LogP contribution in [0.3, 0.4) is 0 Å². The van der Waals surface area contributed by atoms with Crippen LogP contribution in [-0.2, 0) is 11.8 Å². The quantitative estimate of drug-likeness (QED) is 0.883. The molecule has 2 atom stereocenters. The molecule has 1 aliphatic heterocycles. The van der Waals surface area contributed by atoms with Crippen molar-refractivity contribution in [3.63, 3.8) is 0 Å². The largest absolute Gasteiger partial charge is 0.497 e. The average molecular weight is 365 g/mol. The number of aryl methyl sites for hydroxylation is 1. The molecule has 0 unspecified atom stereocenters. The van der Waals surface area contributed by atoms with Crippen LogP contribution in [0.15, 0.2) is 36.7 Å². The Morgan fingerprint density at radius 3 is 2.88 bits per heavy atom. The van der Waals surface area contributed by atoms with Crippen LogP contribution in [-0.4, -0.2) is 42.4 Å². The molecule has 6 nitrogen and oxygen atoms in total. The lowest BCUT2D eigenvalue weighted by Gasteiger charge is -2.27. The van der Waals surface area contributed by atoms with Crippen molar-refractivity contribution in [2.24, 2.45) is 13.0 Å². The van der Waals surface area contributed by atoms with E-state index in [0.717, 1.165) is 23.5 Å². The monoisotopic (exact) mass is 364 g/mol. The molecule has 1 fully saturated rings. The molecule has 0 spiro atoms. The molecule has 2 aromatic rings. The Kier molecular flexibility index (Phi) is 6.45. The highest BCUT2D eigenvalue weighted by molar-refractivity contribution is 5.96. The predicted molar refractivity (Wildman–Crippen MR) is 101 cm³/mol. The van der Waals surface area contributed by atoms with Gasteiger partial charge in [-0.15, -0.1) is 12.4 Å². The molecule has 7 heteroatoms. The van der Waals surface area contributed by atoms with Gasteiger partial charge in [-0.2, -0.15) is 5.10 Å². The predicted octanol–water partition coefficient (Wildman–Crippen LogP) is 2.21. The normalized spacial score (nSPS) is 19.3. The van der Waals surface area contributed by atoms with Crippen molar-refractivity contribution in [1.82, 2.24) is 15.1 Å². The first kappa shape index (κ1) is 19.3. The molecular weight excluding hydrogens is 340 g/mol. The first-order valence-corrected chi connectivity index (χ1v) is 8.28. The Hall–Kier alpha value is -2.05. The van der Waals surface area contributed by atoms with Gasteiger partial charge in [0.15, 0.2) is 0 Å². The summed E-state index contributed by atoms with van der Waals surface area (Å²) in [7, 11) is 3.54. The smallest absolute Gasteiger partial charge is 0.232 e. The van der Waals surface area contributed by atoms with Gasteiger partial charge in [0.2, 0.25) is 5.91 Å². The van der Waals surface area contributed by atoms with Gasteiger partial charge >= 0.3 is 0 Å². The highest BCUT2D eigenvalue weighted by Gasteiger charge is 2.37. The van der Waals surface area contributed by atoms with Crippen molar-refractivity contribution in [1.29, 1.82) is 0 Å². The number of nitrogens with zero attached hydrogens (tertiary/aromatic N) is 3. The molecule has 0 bridgehead atoms. The van der Waals surface area contributed by atoms with Crippen LogP contribution in [0, 0.1) is 5.92 Å². The van der Waals surface area contributed by atoms with E-state index in [4.69, 9.17) is 4.74 Å². The summed E-state index contributed by atoms with van der Waals surface area (Å²) in [4.78, 5) is 15.0. The Labute approximate surface area is 154 Å². The van der Waals surface area contributed by atoms with E-state index in [2.05, 4.69) is 10.4 Å². The van der Waals surface area contributed by atoms with E-state index in [1.54, 1.807) is 11.8 Å². The molecule has 1 aliphatic rings. The van der Waals surface area contributed by atoms with Crippen LogP contribution >= 0.6 is 12.4 Å². The summed E-state index contributed by atoms with van der Waals surface area (Å²) < 4.78 is 7.07. The Bertz CT molecular complexity index is 719. The van der Waals surface area contributed by atoms with Gasteiger partial charge in [-0.1, -0.05) is 6.07 Å². The minimum absolute atomic E-state index is 0. The third kappa shape index (κ3) is 3.96. The van der Waals surface area contributed by atoms with Crippen LogP contribution in [0.5, 0.6) is 5.75 Å². The summed E-state index contributed by atoms with van der Waals surface area (Å²) >= 11 is 0. The van der Waals surface area contributed by atoms with Crippen LogP contribution < -0.4 is 15.0 Å². The fourth-order valence-electron chi connectivity index (χ4n) is 3.36. The average Bonchev–Trinajstić information content (AvgIpc) is 3.24. The van der Waals surface area contributed by atoms with Crippen molar-refractivity contribution >= 4 is 24.0 Å². The van der Waals surface area contributed by atoms with Gasteiger partial charge in [0, 0.05) is 50.6 Å². The number of rotatable bonds is 5. The number of ether oxygens (including phenoxy) is 1. The van der Waals surface area contributed by atoms with Crippen molar-refractivity contribution in [3.05, 3.63) is 42.2 Å². The van der Waals surface area contributed by atoms with Gasteiger partial charge in [0.25, 0.3) is 0 Å². The highest BCUT2D eigenvalue weighted by Crippen LogP contribution is 2.31. The fraction of sp³-hybridized carbons (Fsp3) is 0.444. The van der Waals surface area contributed by atoms with Crippen molar-refractivity contribution in [2.45, 2.75) is 12.8 Å². The molecular formula is C18H25ClN4O2. The second-order valence-electron chi connectivity index (χ2n) is 6.10. The SMILES string of the molecule is CCN(C(=O)[C@H]1CNC[C@@H]1c1cnn(C)c1)c1cccc(OC)c1.Cl. The minimum Gasteiger partial charge on any atom is -0.497 e. The molecule has 3 rings (SSSR count). The number of aromatic nitrogens is 2. The van der Waals surface area contributed by atoms with E-state index in [1.807, 2.05) is 55.5 Å². The fourth-order valence-corrected chi connectivity index (χ4v) is 3.36. The summed E-state index contributed by atoms with van der Waals surface area (Å²) in [5.41, 5.74) is 1.99. The van der Waals surface area contributed by atoms with Crippen LogP contribution in [0.25, 0.3) is 0 Å². The minimum atomic E-state index is -0.0830. The molecule has 1 aromatic carbocycles. The van der Waals surface area contributed by atoms with Crippen LogP contribution in [0.1, 0.15) is 18.4 Å². The number of methoxy groups -OCH3 is 1. The Morgan fingerprint density at radius 1 is 1.44 bits per heavy atom. The Balaban J connectivity index is 0.00000225. The lowest BCUT2D eigenvalue weighted by molar-refractivity contribution is -0.122. The number of amides is 1. The molecule has 1 N–H and O–H groups in total. The molecule has 0 radical (unpaired) electrons. The van der Waals surface area contributed by atoms with Crippen LogP contribution in [0.4, 0.5) is 5.69 Å². The molecule has 1 aromatic heterocycles. The van der Waals surface area contributed by atoms with E-state index < -0.39 is 0 Å². The maximum absolute atomic E-state index is 13.2. The second-order valence-corrected chi connectivity index (χ2v) is 6.10. The lowest BCUT2D eigenvalue weighted by atomic mass is 9.89. The van der Waals surface area contributed by atoms with Gasteiger partial charge in [-0.3, -0.25) is 9.48 Å². The van der Waals surface area contributed by atoms with Gasteiger partial charge in [-0.25, -0.2) is 0 Å². The topological polar surface area (TPSA) is 59.4 Å². The third-order valence-electron chi connectivity index (χ3n) is 4.63. The lowest BCUT2D eigenvalue weighted by Crippen LogP contribution is -2.38. The van der Waals surface area contributed by atoms with Gasteiger partial charge < -0.3 is 15.0 Å². The maximum Gasteiger partial charge on any atom is 0.232 e. The molecule has 25 heavy (non-hydrogen) atoms. The number of hydrogen-bond acceptors (Lipinski definition) is 4. The standard InChI is InChI=1S/C18H24N4O2.ClH/c1-4-22(14-6-5-7-15(8-14)24-3)18(23)17-11-19-10-16(17)13-9-20-21(2)12-13;/h5-9,12,16-17,19H,4,10-11H2,1-3H3;1H/t16-,17+;/m1./s1. The molecule has 0 saturated carbocycles. The van der Waals surface area contributed by atoms with E-state index >= 15 is 0 Å². The zero-order valence-electron chi connectivity index (χ0n) is 14.8. The number of carbonyl (C=O) groups is 1. The summed E-state index contributed by atoms with van der Waals surface area (Å²) in [5, 5.41) is 7.60. The van der Waals surface area contributed by atoms with Gasteiger partial charge in [0.1, 0.15) is 5.75 Å². The highest BCUT2D eigenvalue weighted by atomic mass is 35.5. The molecule has 1 amide bonds. The number of carbonyl (C=O) groups excluding carboxylic acids is 1. The van der Waals surface area contributed by atoms with E-state index in [0.29, 0.717) is 13.1 Å². The van der Waals surface area contributed by atoms with Crippen molar-refractivity contribution < 1.29 is 9.53 Å². The Morgan fingerprint density at radius 2 is 2.24 bits per heavy atom. The molecule has 136 valence electrons. The number of hydrogen-bond donors (Lipinski definition) is 1. The van der Waals surface area contributed by atoms with E-state index in [9.17, 15) is 4.79 Å². The number of benzene rings is 1. The number of nitrogens with one attached hydrogen (secondary N) is 1. The third-order valence-corrected chi connectivity index (χ3v) is 4.63. The second kappa shape index (κ2) is 8.36. The number of halogens is 1. The molecule has 0 aliphatic carbocycles. The summed E-state index contributed by atoms with van der Waals surface area (Å²) in [5.74, 6) is 0.975. The van der Waals surface area contributed by atoms with E-state index in [-0.39, 0.29) is 30.2 Å². The molecule has 2 heterocycles. The van der Waals surface area contributed by atoms with Crippen molar-refractivity contribution in [3.8, 4) is 5.75 Å². The summed E-state index contributed by atoms with van der Waals surface area (Å²) in [6, 6.07) is 7.65. The summed E-state index contributed by atoms with van der Waals surface area (Å²) in [6.07, 6.45) is 3.86. The number of anilines is 1. The van der Waals surface area contributed by atoms with Crippen LogP contribution in [0.2, 0.25) is 0 Å². The maximum atomic E-state index is 13.2. The van der Waals surface area contributed by atoms with E-state index in [1.165, 1.54) is 0 Å².